The van der Waals surface area contributed by atoms with E-state index in [1.165, 1.54) is 40.7 Å². The molecule has 120 valence electrons. The molecule has 3 aromatic rings. The van der Waals surface area contributed by atoms with Crippen LogP contribution in [-0.4, -0.2) is 25.0 Å². The van der Waals surface area contributed by atoms with Gasteiger partial charge in [-0.2, -0.15) is 4.98 Å². The van der Waals surface area contributed by atoms with Crippen LogP contribution >= 0.6 is 11.8 Å². The Morgan fingerprint density at radius 2 is 2.09 bits per heavy atom. The molecule has 0 saturated heterocycles. The molecule has 0 amide bonds. The fraction of sp³-hybridized carbons (Fsp3) is 0.231. The summed E-state index contributed by atoms with van der Waals surface area (Å²) in [6.07, 6.45) is 0. The average Bonchev–Trinajstić information content (AvgIpc) is 3.11. The van der Waals surface area contributed by atoms with Crippen molar-refractivity contribution < 1.29 is 13.7 Å². The standard InChI is InChI=1S/C13H13FN6O2S/c1-8-16-12(22-19-8)7-23-13-18-17-11(20(13)15)6-21-10-4-2-9(14)3-5-10/h2-5H,6-7,15H2,1H3. The molecule has 0 saturated carbocycles. The summed E-state index contributed by atoms with van der Waals surface area (Å²) in [5.41, 5.74) is 0. The van der Waals surface area contributed by atoms with Gasteiger partial charge < -0.3 is 15.1 Å². The minimum atomic E-state index is -0.325. The number of nitrogens with zero attached hydrogens (tertiary/aromatic N) is 5. The van der Waals surface area contributed by atoms with Crippen molar-refractivity contribution in [2.45, 2.75) is 24.4 Å². The minimum absolute atomic E-state index is 0.120. The monoisotopic (exact) mass is 336 g/mol. The van der Waals surface area contributed by atoms with Crippen molar-refractivity contribution in [3.05, 3.63) is 47.6 Å². The minimum Gasteiger partial charge on any atom is -0.486 e. The van der Waals surface area contributed by atoms with Gasteiger partial charge in [-0.05, 0) is 31.2 Å². The Kier molecular flexibility index (Phi) is 4.42. The van der Waals surface area contributed by atoms with E-state index in [4.69, 9.17) is 15.1 Å². The van der Waals surface area contributed by atoms with E-state index in [2.05, 4.69) is 20.3 Å². The topological polar surface area (TPSA) is 105 Å². The van der Waals surface area contributed by atoms with Gasteiger partial charge in [0.25, 0.3) is 0 Å². The molecule has 1 aromatic carbocycles. The molecule has 0 aliphatic rings. The number of aromatic nitrogens is 5. The van der Waals surface area contributed by atoms with Gasteiger partial charge in [0.1, 0.15) is 18.2 Å². The molecule has 2 N–H and O–H groups in total. The van der Waals surface area contributed by atoms with Gasteiger partial charge in [0.15, 0.2) is 11.6 Å². The number of benzene rings is 1. The molecule has 0 unspecified atom stereocenters. The SMILES string of the molecule is Cc1noc(CSc2nnc(COc3ccc(F)cc3)n2N)n1. The van der Waals surface area contributed by atoms with Crippen LogP contribution in [0.15, 0.2) is 33.9 Å². The zero-order valence-corrected chi connectivity index (χ0v) is 13.0. The Labute approximate surface area is 134 Å². The first kappa shape index (κ1) is 15.3. The molecular formula is C13H13FN6O2S. The fourth-order valence-electron chi connectivity index (χ4n) is 1.71. The second kappa shape index (κ2) is 6.65. The molecule has 23 heavy (non-hydrogen) atoms. The smallest absolute Gasteiger partial charge is 0.237 e. The molecule has 0 radical (unpaired) electrons. The first-order valence-corrected chi connectivity index (χ1v) is 7.60. The molecule has 0 spiro atoms. The Morgan fingerprint density at radius 1 is 1.30 bits per heavy atom. The molecular weight excluding hydrogens is 323 g/mol. The first-order chi connectivity index (χ1) is 11.1. The Bertz CT molecular complexity index is 788. The van der Waals surface area contributed by atoms with E-state index in [9.17, 15) is 4.39 Å². The van der Waals surface area contributed by atoms with E-state index in [-0.39, 0.29) is 12.4 Å². The van der Waals surface area contributed by atoms with Crippen molar-refractivity contribution in [3.8, 4) is 5.75 Å². The van der Waals surface area contributed by atoms with Crippen LogP contribution in [0.3, 0.4) is 0 Å². The summed E-state index contributed by atoms with van der Waals surface area (Å²) < 4.78 is 24.7. The van der Waals surface area contributed by atoms with Gasteiger partial charge in [-0.25, -0.2) is 9.07 Å². The molecule has 3 rings (SSSR count). The van der Waals surface area contributed by atoms with Crippen LogP contribution in [0.1, 0.15) is 17.5 Å². The predicted octanol–water partition coefficient (Wildman–Crippen LogP) is 1.69. The first-order valence-electron chi connectivity index (χ1n) is 6.61. The van der Waals surface area contributed by atoms with Gasteiger partial charge in [0.2, 0.25) is 11.0 Å². The summed E-state index contributed by atoms with van der Waals surface area (Å²) in [7, 11) is 0. The van der Waals surface area contributed by atoms with Crippen molar-refractivity contribution >= 4 is 11.8 Å². The molecule has 0 fully saturated rings. The normalized spacial score (nSPS) is 10.9. The van der Waals surface area contributed by atoms with Crippen molar-refractivity contribution in [3.63, 3.8) is 0 Å². The molecule has 8 nitrogen and oxygen atoms in total. The van der Waals surface area contributed by atoms with E-state index in [0.29, 0.717) is 34.2 Å². The van der Waals surface area contributed by atoms with Gasteiger partial charge in [-0.1, -0.05) is 16.9 Å². The number of hydrogen-bond donors (Lipinski definition) is 1. The number of nitrogens with two attached hydrogens (primary N) is 1. The van der Waals surface area contributed by atoms with Crippen LogP contribution in [-0.2, 0) is 12.4 Å². The van der Waals surface area contributed by atoms with Gasteiger partial charge in [0.05, 0.1) is 5.75 Å². The number of hydrogen-bond acceptors (Lipinski definition) is 8. The van der Waals surface area contributed by atoms with Gasteiger partial charge in [-0.3, -0.25) is 0 Å². The molecule has 0 aliphatic carbocycles. The second-order valence-electron chi connectivity index (χ2n) is 4.54. The number of rotatable bonds is 6. The molecule has 0 aliphatic heterocycles. The highest BCUT2D eigenvalue weighted by molar-refractivity contribution is 7.98. The van der Waals surface area contributed by atoms with Crippen molar-refractivity contribution in [2.75, 3.05) is 5.84 Å². The summed E-state index contributed by atoms with van der Waals surface area (Å²) in [5.74, 6) is 8.06. The lowest BCUT2D eigenvalue weighted by molar-refractivity contribution is 0.291. The Hall–Kier alpha value is -2.62. The van der Waals surface area contributed by atoms with Crippen molar-refractivity contribution in [1.29, 1.82) is 0 Å². The van der Waals surface area contributed by atoms with Crippen molar-refractivity contribution in [1.82, 2.24) is 25.0 Å². The zero-order chi connectivity index (χ0) is 16.2. The van der Waals surface area contributed by atoms with Crippen LogP contribution in [0.25, 0.3) is 0 Å². The quantitative estimate of drug-likeness (QED) is 0.535. The van der Waals surface area contributed by atoms with E-state index in [1.54, 1.807) is 6.92 Å². The molecule has 2 heterocycles. The maximum absolute atomic E-state index is 12.8. The molecule has 2 aromatic heterocycles. The highest BCUT2D eigenvalue weighted by Gasteiger charge is 2.13. The van der Waals surface area contributed by atoms with Crippen LogP contribution < -0.4 is 10.6 Å². The predicted molar refractivity (Wildman–Crippen MR) is 79.5 cm³/mol. The lowest BCUT2D eigenvalue weighted by Crippen LogP contribution is -2.15. The highest BCUT2D eigenvalue weighted by atomic mass is 32.2. The number of nitrogen functional groups attached to an aromatic ring is 1. The maximum atomic E-state index is 12.8. The summed E-state index contributed by atoms with van der Waals surface area (Å²) >= 11 is 1.32. The zero-order valence-electron chi connectivity index (χ0n) is 12.1. The average molecular weight is 336 g/mol. The highest BCUT2D eigenvalue weighted by Crippen LogP contribution is 2.20. The third kappa shape index (κ3) is 3.77. The van der Waals surface area contributed by atoms with Gasteiger partial charge >= 0.3 is 0 Å². The second-order valence-corrected chi connectivity index (χ2v) is 5.48. The van der Waals surface area contributed by atoms with E-state index in [0.717, 1.165) is 0 Å². The summed E-state index contributed by atoms with van der Waals surface area (Å²) in [4.78, 5) is 4.09. The van der Waals surface area contributed by atoms with Crippen LogP contribution in [0.5, 0.6) is 5.75 Å². The van der Waals surface area contributed by atoms with E-state index in [1.807, 2.05) is 0 Å². The van der Waals surface area contributed by atoms with Crippen LogP contribution in [0, 0.1) is 12.7 Å². The van der Waals surface area contributed by atoms with Crippen LogP contribution in [0.2, 0.25) is 0 Å². The largest absolute Gasteiger partial charge is 0.486 e. The third-order valence-corrected chi connectivity index (χ3v) is 3.74. The summed E-state index contributed by atoms with van der Waals surface area (Å²) in [5, 5.41) is 12.2. The maximum Gasteiger partial charge on any atom is 0.237 e. The number of halogens is 1. The Balaban J connectivity index is 1.59. The molecule has 10 heteroatoms. The van der Waals surface area contributed by atoms with Gasteiger partial charge in [0, 0.05) is 0 Å². The van der Waals surface area contributed by atoms with Crippen molar-refractivity contribution in [2.24, 2.45) is 0 Å². The third-order valence-electron chi connectivity index (χ3n) is 2.81. The number of thioether (sulfide) groups is 1. The summed E-state index contributed by atoms with van der Waals surface area (Å²) in [6, 6.07) is 5.69. The lowest BCUT2D eigenvalue weighted by atomic mass is 10.3. The summed E-state index contributed by atoms with van der Waals surface area (Å²) in [6.45, 7) is 1.86. The molecule has 0 atom stereocenters. The Morgan fingerprint density at radius 3 is 2.78 bits per heavy atom. The van der Waals surface area contributed by atoms with Crippen LogP contribution in [0.4, 0.5) is 4.39 Å². The van der Waals surface area contributed by atoms with Gasteiger partial charge in [-0.15, -0.1) is 10.2 Å². The van der Waals surface area contributed by atoms with E-state index >= 15 is 0 Å². The lowest BCUT2D eigenvalue weighted by Gasteiger charge is -2.05. The number of ether oxygens (including phenoxy) is 1. The fourth-order valence-corrected chi connectivity index (χ4v) is 2.42. The number of aryl methyl sites for hydroxylation is 1. The molecule has 0 bridgehead atoms. The van der Waals surface area contributed by atoms with E-state index < -0.39 is 0 Å².